The summed E-state index contributed by atoms with van der Waals surface area (Å²) in [7, 11) is 0. The number of halogens is 3. The van der Waals surface area contributed by atoms with Crippen LogP contribution < -0.4 is 4.74 Å². The van der Waals surface area contributed by atoms with Gasteiger partial charge in [0.05, 0.1) is 19.8 Å². The first-order chi connectivity index (χ1) is 19.5. The van der Waals surface area contributed by atoms with Crippen molar-refractivity contribution in [2.75, 3.05) is 19.8 Å². The van der Waals surface area contributed by atoms with Gasteiger partial charge in [0.25, 0.3) is 0 Å². The lowest BCUT2D eigenvalue weighted by Crippen LogP contribution is -2.27. The molecule has 0 atom stereocenters. The van der Waals surface area contributed by atoms with Gasteiger partial charge in [-0.1, -0.05) is 81.2 Å². The minimum absolute atomic E-state index is 0.0704. The highest BCUT2D eigenvalue weighted by molar-refractivity contribution is 5.71. The monoisotopic (exact) mass is 552 g/mol. The van der Waals surface area contributed by atoms with Crippen molar-refractivity contribution < 1.29 is 27.4 Å². The number of hydrogen-bond donors (Lipinski definition) is 0. The lowest BCUT2D eigenvalue weighted by Gasteiger charge is -2.29. The molecule has 1 saturated heterocycles. The molecule has 1 fully saturated rings. The number of unbranched alkanes of at least 4 members (excludes halogenated alkanes) is 4. The van der Waals surface area contributed by atoms with Gasteiger partial charge in [-0.3, -0.25) is 0 Å². The average Bonchev–Trinajstić information content (AvgIpc) is 2.98. The second kappa shape index (κ2) is 15.1. The number of allylic oxidation sites excluding steroid dienone is 2. The Kier molecular flexibility index (Phi) is 11.2. The summed E-state index contributed by atoms with van der Waals surface area (Å²) >= 11 is 0. The van der Waals surface area contributed by atoms with E-state index in [-0.39, 0.29) is 11.3 Å². The van der Waals surface area contributed by atoms with Gasteiger partial charge in [-0.15, -0.1) is 0 Å². The summed E-state index contributed by atoms with van der Waals surface area (Å²) < 4.78 is 61.7. The fourth-order valence-corrected chi connectivity index (χ4v) is 4.88. The summed E-state index contributed by atoms with van der Waals surface area (Å²) in [5, 5.41) is 0. The Bertz CT molecular complexity index is 1250. The maximum absolute atomic E-state index is 15.0. The maximum atomic E-state index is 15.0. The van der Waals surface area contributed by atoms with Crippen LogP contribution in [0.2, 0.25) is 0 Å². The van der Waals surface area contributed by atoms with E-state index in [4.69, 9.17) is 14.2 Å². The van der Waals surface area contributed by atoms with Crippen LogP contribution in [0.3, 0.4) is 0 Å². The zero-order chi connectivity index (χ0) is 28.3. The van der Waals surface area contributed by atoms with E-state index in [1.54, 1.807) is 30.3 Å². The van der Waals surface area contributed by atoms with Gasteiger partial charge >= 0.3 is 0 Å². The molecular weight excluding hydrogens is 513 g/mol. The molecule has 1 aliphatic heterocycles. The first-order valence-electron chi connectivity index (χ1n) is 14.4. The number of ether oxygens (including phenoxy) is 3. The van der Waals surface area contributed by atoms with Crippen molar-refractivity contribution in [1.82, 2.24) is 0 Å². The van der Waals surface area contributed by atoms with Crippen molar-refractivity contribution in [1.29, 1.82) is 0 Å². The molecule has 0 N–H and O–H groups in total. The number of rotatable bonds is 13. The SMILES string of the molecule is CC=CCCC1COC(c2ccc(-c3ccc(-c4ccc(OCCCCCCC)c(F)c4F)cc3)cc2F)OC1. The lowest BCUT2D eigenvalue weighted by molar-refractivity contribution is -0.207. The molecule has 4 rings (SSSR count). The molecule has 0 radical (unpaired) electrons. The molecule has 0 unspecified atom stereocenters. The molecule has 0 bridgehead atoms. The van der Waals surface area contributed by atoms with Crippen LogP contribution in [-0.2, 0) is 9.47 Å². The normalized spacial score (nSPS) is 17.4. The van der Waals surface area contributed by atoms with Crippen LogP contribution in [0.1, 0.15) is 70.6 Å². The van der Waals surface area contributed by atoms with Gasteiger partial charge < -0.3 is 14.2 Å². The molecule has 0 saturated carbocycles. The van der Waals surface area contributed by atoms with Crippen LogP contribution in [0.15, 0.2) is 66.7 Å². The van der Waals surface area contributed by atoms with E-state index in [1.807, 2.05) is 19.1 Å². The molecular formula is C34H39F3O3. The van der Waals surface area contributed by atoms with E-state index in [0.29, 0.717) is 42.4 Å². The van der Waals surface area contributed by atoms with E-state index in [1.165, 1.54) is 24.6 Å². The Labute approximate surface area is 236 Å². The minimum Gasteiger partial charge on any atom is -0.490 e. The van der Waals surface area contributed by atoms with E-state index in [0.717, 1.165) is 44.1 Å². The van der Waals surface area contributed by atoms with E-state index in [9.17, 15) is 8.78 Å². The van der Waals surface area contributed by atoms with Crippen molar-refractivity contribution in [2.24, 2.45) is 5.92 Å². The second-order valence-electron chi connectivity index (χ2n) is 10.3. The Morgan fingerprint density at radius 2 is 1.52 bits per heavy atom. The third-order valence-corrected chi connectivity index (χ3v) is 7.28. The lowest BCUT2D eigenvalue weighted by atomic mass is 9.98. The van der Waals surface area contributed by atoms with Gasteiger partial charge in [0, 0.05) is 17.0 Å². The molecule has 0 spiro atoms. The molecule has 3 nitrogen and oxygen atoms in total. The van der Waals surface area contributed by atoms with Gasteiger partial charge in [0.15, 0.2) is 17.9 Å². The predicted molar refractivity (Wildman–Crippen MR) is 154 cm³/mol. The Morgan fingerprint density at radius 1 is 0.825 bits per heavy atom. The van der Waals surface area contributed by atoms with Gasteiger partial charge in [-0.2, -0.15) is 4.39 Å². The second-order valence-corrected chi connectivity index (χ2v) is 10.3. The summed E-state index contributed by atoms with van der Waals surface area (Å²) in [6.45, 7) is 5.57. The molecule has 3 aromatic carbocycles. The first-order valence-corrected chi connectivity index (χ1v) is 14.4. The summed E-state index contributed by atoms with van der Waals surface area (Å²) in [5.74, 6) is -2.10. The van der Waals surface area contributed by atoms with Gasteiger partial charge in [0.2, 0.25) is 5.82 Å². The summed E-state index contributed by atoms with van der Waals surface area (Å²) in [5.41, 5.74) is 2.47. The van der Waals surface area contributed by atoms with Crippen LogP contribution in [-0.4, -0.2) is 19.8 Å². The molecule has 0 amide bonds. The van der Waals surface area contributed by atoms with Crippen LogP contribution in [0.25, 0.3) is 22.3 Å². The molecule has 1 aliphatic rings. The highest BCUT2D eigenvalue weighted by Crippen LogP contribution is 2.34. The van der Waals surface area contributed by atoms with Crippen molar-refractivity contribution in [3.8, 4) is 28.0 Å². The largest absolute Gasteiger partial charge is 0.490 e. The Balaban J connectivity index is 1.37. The predicted octanol–water partition coefficient (Wildman–Crippen LogP) is 9.80. The van der Waals surface area contributed by atoms with Crippen molar-refractivity contribution >= 4 is 0 Å². The smallest absolute Gasteiger partial charge is 0.201 e. The van der Waals surface area contributed by atoms with E-state index >= 15 is 4.39 Å². The quantitative estimate of drug-likeness (QED) is 0.156. The molecule has 6 heteroatoms. The molecule has 3 aromatic rings. The highest BCUT2D eigenvalue weighted by atomic mass is 19.2. The summed E-state index contributed by atoms with van der Waals surface area (Å²) in [6, 6.07) is 14.9. The zero-order valence-electron chi connectivity index (χ0n) is 23.4. The van der Waals surface area contributed by atoms with Gasteiger partial charge in [-0.25, -0.2) is 8.78 Å². The molecule has 0 aromatic heterocycles. The van der Waals surface area contributed by atoms with Crippen LogP contribution >= 0.6 is 0 Å². The Hall–Kier alpha value is -3.09. The number of benzene rings is 3. The fraction of sp³-hybridized carbons (Fsp3) is 0.412. The average molecular weight is 553 g/mol. The fourth-order valence-electron chi connectivity index (χ4n) is 4.88. The van der Waals surface area contributed by atoms with Gasteiger partial charge in [0.1, 0.15) is 5.82 Å². The third kappa shape index (κ3) is 7.76. The Morgan fingerprint density at radius 3 is 2.23 bits per heavy atom. The maximum Gasteiger partial charge on any atom is 0.201 e. The van der Waals surface area contributed by atoms with E-state index < -0.39 is 23.7 Å². The van der Waals surface area contributed by atoms with E-state index in [2.05, 4.69) is 13.0 Å². The summed E-state index contributed by atoms with van der Waals surface area (Å²) in [4.78, 5) is 0. The molecule has 40 heavy (non-hydrogen) atoms. The summed E-state index contributed by atoms with van der Waals surface area (Å²) in [6.07, 6.45) is 10.6. The standard InChI is InChI=1S/C34H39F3O3/c1-3-5-7-8-10-20-38-31-19-18-28(32(36)33(31)37)26-14-12-25(13-15-26)27-16-17-29(30(35)21-27)34-39-22-24(23-40-34)11-9-6-4-2/h4,6,12-19,21,24,34H,3,5,7-11,20,22-23H2,1-2H3. The van der Waals surface area contributed by atoms with Gasteiger partial charge in [-0.05, 0) is 61.1 Å². The van der Waals surface area contributed by atoms with Crippen molar-refractivity contribution in [3.63, 3.8) is 0 Å². The third-order valence-electron chi connectivity index (χ3n) is 7.28. The van der Waals surface area contributed by atoms with Crippen molar-refractivity contribution in [2.45, 2.75) is 65.1 Å². The van der Waals surface area contributed by atoms with Crippen LogP contribution in [0.4, 0.5) is 13.2 Å². The first kappa shape index (κ1) is 29.9. The zero-order valence-corrected chi connectivity index (χ0v) is 23.4. The molecule has 1 heterocycles. The minimum atomic E-state index is -0.982. The molecule has 0 aliphatic carbocycles. The highest BCUT2D eigenvalue weighted by Gasteiger charge is 2.25. The molecule has 214 valence electrons. The number of hydrogen-bond acceptors (Lipinski definition) is 3. The van der Waals surface area contributed by atoms with Crippen LogP contribution in [0, 0.1) is 23.4 Å². The van der Waals surface area contributed by atoms with Crippen molar-refractivity contribution in [3.05, 3.63) is 89.8 Å². The van der Waals surface area contributed by atoms with Crippen LogP contribution in [0.5, 0.6) is 5.75 Å². The topological polar surface area (TPSA) is 27.7 Å².